The first-order chi connectivity index (χ1) is 16.0. The number of aryl methyl sites for hydroxylation is 1. The van der Waals surface area contributed by atoms with E-state index in [4.69, 9.17) is 18.7 Å². The summed E-state index contributed by atoms with van der Waals surface area (Å²) in [6.45, 7) is 7.18. The number of nitrogens with zero attached hydrogens (tertiary/aromatic N) is 1. The molecule has 190 valence electrons. The molecule has 2 heterocycles. The van der Waals surface area contributed by atoms with E-state index < -0.39 is 41.4 Å². The van der Waals surface area contributed by atoms with Gasteiger partial charge in [0.2, 0.25) is 11.8 Å². The minimum atomic E-state index is -1.12. The number of methoxy groups -OCH3 is 2. The van der Waals surface area contributed by atoms with E-state index in [2.05, 4.69) is 21.1 Å². The smallest absolute Gasteiger partial charge is 0.274 e. The lowest BCUT2D eigenvalue weighted by molar-refractivity contribution is -0.134. The summed E-state index contributed by atoms with van der Waals surface area (Å²) in [6.07, 6.45) is 0.413. The topological polar surface area (TPSA) is 161 Å². The molecule has 1 aliphatic rings. The number of carbonyl (C=O) groups is 4. The number of hydrogen-bond donors (Lipinski definition) is 3. The molecule has 0 radical (unpaired) electrons. The van der Waals surface area contributed by atoms with Crippen LogP contribution >= 0.6 is 0 Å². The lowest BCUT2D eigenvalue weighted by atomic mass is 9.93. The van der Waals surface area contributed by atoms with Gasteiger partial charge in [-0.1, -0.05) is 19.0 Å². The zero-order valence-corrected chi connectivity index (χ0v) is 20.4. The lowest BCUT2D eigenvalue weighted by Gasteiger charge is -2.26. The van der Waals surface area contributed by atoms with Gasteiger partial charge in [-0.25, -0.2) is 0 Å². The molecule has 1 aromatic rings. The second-order valence-electron chi connectivity index (χ2n) is 8.90. The van der Waals surface area contributed by atoms with E-state index in [1.807, 2.05) is 13.8 Å². The summed E-state index contributed by atoms with van der Waals surface area (Å²) < 4.78 is 20.3. The van der Waals surface area contributed by atoms with Gasteiger partial charge in [-0.05, 0) is 26.2 Å². The van der Waals surface area contributed by atoms with Crippen molar-refractivity contribution in [2.75, 3.05) is 34.0 Å². The summed E-state index contributed by atoms with van der Waals surface area (Å²) in [5, 5.41) is 11.4. The van der Waals surface area contributed by atoms with Gasteiger partial charge in [-0.3, -0.25) is 19.2 Å². The molecular formula is C22H34N4O8. The first-order valence-corrected chi connectivity index (χ1v) is 11.0. The number of hydrogen-bond acceptors (Lipinski definition) is 9. The summed E-state index contributed by atoms with van der Waals surface area (Å²) in [5.74, 6) is -1.55. The summed E-state index contributed by atoms with van der Waals surface area (Å²) in [7, 11) is 2.75. The van der Waals surface area contributed by atoms with E-state index in [1.54, 1.807) is 13.8 Å². The highest BCUT2D eigenvalue weighted by Gasteiger charge is 2.50. The van der Waals surface area contributed by atoms with Crippen molar-refractivity contribution in [3.05, 3.63) is 17.5 Å². The standard InChI is InChI=1S/C22H34N4O8/c1-12(2)7-14(18(27)22(4)11-33-22)23-20(29)16(9-31-5)25-21(30)17(10-32-6)24-19(28)15-8-13(3)34-26-15/h8,12,14,16-17H,7,9-11H2,1-6H3,(H,23,29)(H,24,28)(H,25,30)/t14?,16-,17?,22+/m0/s1. The van der Waals surface area contributed by atoms with Crippen LogP contribution in [0.1, 0.15) is 43.4 Å². The number of nitrogens with one attached hydrogen (secondary N) is 3. The normalized spacial score (nSPS) is 19.7. The van der Waals surface area contributed by atoms with E-state index in [0.29, 0.717) is 18.8 Å². The highest BCUT2D eigenvalue weighted by Crippen LogP contribution is 2.29. The average molecular weight is 483 g/mol. The molecule has 2 unspecified atom stereocenters. The van der Waals surface area contributed by atoms with Crippen molar-refractivity contribution in [2.45, 2.75) is 57.8 Å². The van der Waals surface area contributed by atoms with Gasteiger partial charge in [0.15, 0.2) is 11.5 Å². The molecule has 0 saturated carbocycles. The SMILES string of the molecule is COCC(NC(=O)c1cc(C)on1)C(=O)N[C@@H](COC)C(=O)NC(CC(C)C)C(=O)[C@@]1(C)CO1. The average Bonchev–Trinajstić information content (AvgIpc) is 3.37. The first kappa shape index (κ1) is 27.4. The third-order valence-corrected chi connectivity index (χ3v) is 5.22. The van der Waals surface area contributed by atoms with Crippen LogP contribution in [0.25, 0.3) is 0 Å². The molecule has 0 aliphatic carbocycles. The van der Waals surface area contributed by atoms with E-state index in [-0.39, 0.29) is 30.6 Å². The van der Waals surface area contributed by atoms with Crippen LogP contribution in [0.4, 0.5) is 0 Å². The maximum atomic E-state index is 13.0. The minimum absolute atomic E-state index is 0.00316. The highest BCUT2D eigenvalue weighted by atomic mass is 16.6. The molecule has 34 heavy (non-hydrogen) atoms. The Hall–Kier alpha value is -2.83. The Bertz CT molecular complexity index is 880. The number of epoxide rings is 1. The van der Waals surface area contributed by atoms with Gasteiger partial charge in [0.25, 0.3) is 5.91 Å². The van der Waals surface area contributed by atoms with Crippen molar-refractivity contribution in [3.63, 3.8) is 0 Å². The Morgan fingerprint density at radius 2 is 1.56 bits per heavy atom. The van der Waals surface area contributed by atoms with Crippen molar-refractivity contribution in [1.82, 2.24) is 21.1 Å². The number of carbonyl (C=O) groups excluding carboxylic acids is 4. The van der Waals surface area contributed by atoms with Gasteiger partial charge >= 0.3 is 0 Å². The minimum Gasteiger partial charge on any atom is -0.382 e. The molecule has 0 aromatic carbocycles. The maximum absolute atomic E-state index is 13.0. The van der Waals surface area contributed by atoms with Crippen molar-refractivity contribution in [3.8, 4) is 0 Å². The molecule has 1 aromatic heterocycles. The monoisotopic (exact) mass is 482 g/mol. The highest BCUT2D eigenvalue weighted by molar-refractivity contribution is 5.99. The van der Waals surface area contributed by atoms with Gasteiger partial charge in [-0.2, -0.15) is 0 Å². The summed E-state index contributed by atoms with van der Waals surface area (Å²) in [6, 6.07) is -1.58. The molecular weight excluding hydrogens is 448 g/mol. The fourth-order valence-corrected chi connectivity index (χ4v) is 3.27. The molecule has 4 atom stereocenters. The number of aromatic nitrogens is 1. The number of ether oxygens (including phenoxy) is 3. The third-order valence-electron chi connectivity index (χ3n) is 5.22. The van der Waals surface area contributed by atoms with Crippen molar-refractivity contribution in [2.24, 2.45) is 5.92 Å². The Kier molecular flexibility index (Phi) is 9.71. The number of Topliss-reactive ketones (excluding diaryl/α,β-unsaturated/α-hetero) is 1. The Balaban J connectivity index is 2.08. The zero-order chi connectivity index (χ0) is 25.5. The number of amides is 3. The summed E-state index contributed by atoms with van der Waals surface area (Å²) >= 11 is 0. The Morgan fingerprint density at radius 3 is 2.00 bits per heavy atom. The van der Waals surface area contributed by atoms with Crippen molar-refractivity contribution < 1.29 is 37.9 Å². The van der Waals surface area contributed by atoms with Crippen LogP contribution in [0.5, 0.6) is 0 Å². The molecule has 1 aliphatic heterocycles. The zero-order valence-electron chi connectivity index (χ0n) is 20.4. The predicted molar refractivity (Wildman–Crippen MR) is 119 cm³/mol. The fourth-order valence-electron chi connectivity index (χ4n) is 3.27. The summed E-state index contributed by atoms with van der Waals surface area (Å²) in [5.41, 5.74) is -0.899. The molecule has 12 nitrogen and oxygen atoms in total. The third kappa shape index (κ3) is 7.61. The first-order valence-electron chi connectivity index (χ1n) is 11.0. The quantitative estimate of drug-likeness (QED) is 0.304. The van der Waals surface area contributed by atoms with Crippen LogP contribution in [0.3, 0.4) is 0 Å². The Labute approximate surface area is 198 Å². The molecule has 1 fully saturated rings. The second-order valence-corrected chi connectivity index (χ2v) is 8.90. The molecule has 3 N–H and O–H groups in total. The largest absolute Gasteiger partial charge is 0.382 e. The van der Waals surface area contributed by atoms with Gasteiger partial charge in [0.1, 0.15) is 23.4 Å². The van der Waals surface area contributed by atoms with Crippen LogP contribution in [0.2, 0.25) is 0 Å². The van der Waals surface area contributed by atoms with Crippen LogP contribution in [0.15, 0.2) is 10.6 Å². The van der Waals surface area contributed by atoms with E-state index in [9.17, 15) is 19.2 Å². The molecule has 0 spiro atoms. The lowest BCUT2D eigenvalue weighted by Crippen LogP contribution is -2.58. The van der Waals surface area contributed by atoms with Crippen LogP contribution in [-0.2, 0) is 28.6 Å². The molecule has 12 heteroatoms. The fraction of sp³-hybridized carbons (Fsp3) is 0.682. The van der Waals surface area contributed by atoms with E-state index in [1.165, 1.54) is 20.3 Å². The van der Waals surface area contributed by atoms with Crippen LogP contribution in [0, 0.1) is 12.8 Å². The second kappa shape index (κ2) is 12.0. The van der Waals surface area contributed by atoms with Crippen molar-refractivity contribution in [1.29, 1.82) is 0 Å². The van der Waals surface area contributed by atoms with Crippen LogP contribution < -0.4 is 16.0 Å². The van der Waals surface area contributed by atoms with Crippen LogP contribution in [-0.4, -0.2) is 86.4 Å². The predicted octanol–water partition coefficient (Wildman–Crippen LogP) is -0.252. The van der Waals surface area contributed by atoms with E-state index in [0.717, 1.165) is 0 Å². The Morgan fingerprint density at radius 1 is 1.03 bits per heavy atom. The van der Waals surface area contributed by atoms with Gasteiger partial charge in [-0.15, -0.1) is 0 Å². The number of ketones is 1. The maximum Gasteiger partial charge on any atom is 0.274 e. The van der Waals surface area contributed by atoms with Crippen molar-refractivity contribution >= 4 is 23.5 Å². The van der Waals surface area contributed by atoms with E-state index >= 15 is 0 Å². The van der Waals surface area contributed by atoms with Gasteiger partial charge in [0.05, 0.1) is 25.9 Å². The van der Waals surface area contributed by atoms with Gasteiger partial charge < -0.3 is 34.7 Å². The molecule has 2 rings (SSSR count). The molecule has 0 bridgehead atoms. The number of rotatable bonds is 14. The van der Waals surface area contributed by atoms with Gasteiger partial charge in [0, 0.05) is 20.3 Å². The molecule has 3 amide bonds. The summed E-state index contributed by atoms with van der Waals surface area (Å²) in [4.78, 5) is 51.1. The molecule has 1 saturated heterocycles.